The number of benzene rings is 4. The molecule has 196 valence electrons. The molecule has 5 aromatic rings. The third kappa shape index (κ3) is 6.97. The predicted octanol–water partition coefficient (Wildman–Crippen LogP) is 6.62. The lowest BCUT2D eigenvalue weighted by Gasteiger charge is -2.23. The van der Waals surface area contributed by atoms with Gasteiger partial charge in [0.25, 0.3) is 0 Å². The number of carboxylic acid groups (broad SMARTS) is 1. The molecule has 0 fully saturated rings. The Hall–Kier alpha value is -4.75. The molecule has 0 radical (unpaired) electrons. The van der Waals surface area contributed by atoms with Gasteiger partial charge in [-0.3, -0.25) is 4.90 Å². The Labute approximate surface area is 226 Å². The van der Waals surface area contributed by atoms with Gasteiger partial charge in [0.2, 0.25) is 0 Å². The van der Waals surface area contributed by atoms with Gasteiger partial charge in [0.1, 0.15) is 23.5 Å². The molecule has 0 amide bonds. The molecule has 1 aromatic heterocycles. The third-order valence-corrected chi connectivity index (χ3v) is 6.33. The van der Waals surface area contributed by atoms with Crippen LogP contribution in [0.1, 0.15) is 44.7 Å². The fourth-order valence-corrected chi connectivity index (χ4v) is 4.43. The highest BCUT2D eigenvalue weighted by atomic mass is 19.1. The number of carbonyl (C=O) groups is 1. The van der Waals surface area contributed by atoms with Crippen LogP contribution in [0.5, 0.6) is 5.75 Å². The summed E-state index contributed by atoms with van der Waals surface area (Å²) in [5.41, 5.74) is 4.09. The summed E-state index contributed by atoms with van der Waals surface area (Å²) in [7, 11) is 0. The van der Waals surface area contributed by atoms with Crippen LogP contribution in [0, 0.1) is 5.82 Å². The van der Waals surface area contributed by atoms with Gasteiger partial charge in [-0.1, -0.05) is 84.9 Å². The van der Waals surface area contributed by atoms with E-state index in [4.69, 9.17) is 4.74 Å². The average molecular weight is 522 g/mol. The van der Waals surface area contributed by atoms with Crippen molar-refractivity contribution in [3.05, 3.63) is 155 Å². The maximum absolute atomic E-state index is 13.4. The Balaban J connectivity index is 1.33. The van der Waals surface area contributed by atoms with E-state index >= 15 is 0 Å². The summed E-state index contributed by atoms with van der Waals surface area (Å²) in [6, 6.07) is 34.6. The Morgan fingerprint density at radius 2 is 1.33 bits per heavy atom. The Kier molecular flexibility index (Phi) is 8.09. The standard InChI is InChI=1S/C32H28FN3O3/c33-27-15-11-23(12-16-27)20-36(22-30-34-19-29(35-30)32(37)38)21-24-13-17-28(18-14-24)39-31(25-7-3-1-4-8-25)26-9-5-2-6-10-26/h1-19,31H,20-22H2,(H,34,35)(H,37,38). The van der Waals surface area contributed by atoms with Crippen molar-refractivity contribution < 1.29 is 19.0 Å². The van der Waals surface area contributed by atoms with Crippen LogP contribution >= 0.6 is 0 Å². The first-order chi connectivity index (χ1) is 19.0. The van der Waals surface area contributed by atoms with Crippen molar-refractivity contribution in [2.24, 2.45) is 0 Å². The molecule has 6 nitrogen and oxygen atoms in total. The number of nitrogens with zero attached hydrogens (tertiary/aromatic N) is 2. The Morgan fingerprint density at radius 1 is 0.795 bits per heavy atom. The van der Waals surface area contributed by atoms with Gasteiger partial charge in [0, 0.05) is 19.3 Å². The first-order valence-electron chi connectivity index (χ1n) is 12.6. The van der Waals surface area contributed by atoms with E-state index in [1.165, 1.54) is 18.3 Å². The number of imidazole rings is 1. The smallest absolute Gasteiger partial charge is 0.356 e. The van der Waals surface area contributed by atoms with Crippen molar-refractivity contribution in [1.82, 2.24) is 14.9 Å². The second-order valence-corrected chi connectivity index (χ2v) is 9.27. The zero-order valence-electron chi connectivity index (χ0n) is 21.2. The number of hydrogen-bond acceptors (Lipinski definition) is 4. The van der Waals surface area contributed by atoms with Gasteiger partial charge in [-0.05, 0) is 46.5 Å². The molecular formula is C32H28FN3O3. The highest BCUT2D eigenvalue weighted by Gasteiger charge is 2.17. The van der Waals surface area contributed by atoms with Gasteiger partial charge in [0.05, 0.1) is 6.54 Å². The third-order valence-electron chi connectivity index (χ3n) is 6.33. The number of aromatic carboxylic acids is 1. The van der Waals surface area contributed by atoms with Crippen LogP contribution in [-0.2, 0) is 19.6 Å². The topological polar surface area (TPSA) is 78.5 Å². The summed E-state index contributed by atoms with van der Waals surface area (Å²) in [5, 5.41) is 9.22. The van der Waals surface area contributed by atoms with Crippen LogP contribution in [0.3, 0.4) is 0 Å². The van der Waals surface area contributed by atoms with Crippen molar-refractivity contribution in [1.29, 1.82) is 0 Å². The zero-order valence-corrected chi connectivity index (χ0v) is 21.2. The number of aromatic nitrogens is 2. The maximum atomic E-state index is 13.4. The van der Waals surface area contributed by atoms with E-state index in [1.807, 2.05) is 60.7 Å². The number of rotatable bonds is 11. The fraction of sp³-hybridized carbons (Fsp3) is 0.125. The predicted molar refractivity (Wildman–Crippen MR) is 147 cm³/mol. The molecule has 7 heteroatoms. The van der Waals surface area contributed by atoms with Crippen LogP contribution in [0.2, 0.25) is 0 Å². The number of carboxylic acids is 1. The minimum absolute atomic E-state index is 0.0281. The number of ether oxygens (including phenoxy) is 1. The van der Waals surface area contributed by atoms with E-state index in [0.717, 1.165) is 28.0 Å². The molecule has 0 saturated carbocycles. The van der Waals surface area contributed by atoms with Crippen molar-refractivity contribution >= 4 is 5.97 Å². The van der Waals surface area contributed by atoms with Gasteiger partial charge >= 0.3 is 5.97 Å². The van der Waals surface area contributed by atoms with E-state index in [9.17, 15) is 14.3 Å². The summed E-state index contributed by atoms with van der Waals surface area (Å²) in [6.07, 6.45) is 1.14. The molecule has 39 heavy (non-hydrogen) atoms. The van der Waals surface area contributed by atoms with Crippen LogP contribution in [-0.4, -0.2) is 25.9 Å². The lowest BCUT2D eigenvalue weighted by atomic mass is 10.0. The Bertz CT molecular complexity index is 1450. The van der Waals surface area contributed by atoms with Crippen LogP contribution in [0.25, 0.3) is 0 Å². The molecule has 4 aromatic carbocycles. The average Bonchev–Trinajstić information content (AvgIpc) is 3.44. The van der Waals surface area contributed by atoms with Crippen LogP contribution in [0.4, 0.5) is 4.39 Å². The molecule has 0 bridgehead atoms. The van der Waals surface area contributed by atoms with E-state index in [1.54, 1.807) is 12.1 Å². The van der Waals surface area contributed by atoms with Gasteiger partial charge < -0.3 is 14.8 Å². The minimum atomic E-state index is -1.08. The van der Waals surface area contributed by atoms with Gasteiger partial charge in [0.15, 0.2) is 5.69 Å². The SMILES string of the molecule is O=C(O)c1c[nH]c(CN(Cc2ccc(F)cc2)Cc2ccc(OC(c3ccccc3)c3ccccc3)cc2)n1. The number of halogens is 1. The first kappa shape index (κ1) is 25.9. The highest BCUT2D eigenvalue weighted by Crippen LogP contribution is 2.29. The second-order valence-electron chi connectivity index (χ2n) is 9.27. The molecule has 1 heterocycles. The lowest BCUT2D eigenvalue weighted by molar-refractivity contribution is 0.0690. The van der Waals surface area contributed by atoms with Crippen LogP contribution < -0.4 is 4.74 Å². The molecule has 0 aliphatic rings. The zero-order chi connectivity index (χ0) is 27.0. The van der Waals surface area contributed by atoms with Crippen molar-refractivity contribution in [2.45, 2.75) is 25.7 Å². The van der Waals surface area contributed by atoms with E-state index < -0.39 is 5.97 Å². The summed E-state index contributed by atoms with van der Waals surface area (Å²) < 4.78 is 19.9. The number of hydrogen-bond donors (Lipinski definition) is 2. The number of aromatic amines is 1. The van der Waals surface area contributed by atoms with Crippen molar-refractivity contribution in [2.75, 3.05) is 0 Å². The maximum Gasteiger partial charge on any atom is 0.356 e. The summed E-state index contributed by atoms with van der Waals surface area (Å²) in [4.78, 5) is 20.5. The summed E-state index contributed by atoms with van der Waals surface area (Å²) in [6.45, 7) is 1.50. The molecule has 0 unspecified atom stereocenters. The molecule has 5 rings (SSSR count). The monoisotopic (exact) mass is 521 g/mol. The molecule has 0 atom stereocenters. The van der Waals surface area contributed by atoms with Gasteiger partial charge in [-0.25, -0.2) is 14.2 Å². The quantitative estimate of drug-likeness (QED) is 0.204. The second kappa shape index (κ2) is 12.2. The minimum Gasteiger partial charge on any atom is -0.481 e. The van der Waals surface area contributed by atoms with Crippen molar-refractivity contribution in [3.63, 3.8) is 0 Å². The molecule has 0 aliphatic carbocycles. The van der Waals surface area contributed by atoms with E-state index in [-0.39, 0.29) is 17.6 Å². The highest BCUT2D eigenvalue weighted by molar-refractivity contribution is 5.84. The summed E-state index contributed by atoms with van der Waals surface area (Å²) in [5.74, 6) is -0.0773. The molecular weight excluding hydrogens is 493 g/mol. The first-order valence-corrected chi connectivity index (χ1v) is 12.6. The van der Waals surface area contributed by atoms with Crippen molar-refractivity contribution in [3.8, 4) is 5.75 Å². The number of nitrogens with one attached hydrogen (secondary N) is 1. The van der Waals surface area contributed by atoms with E-state index in [2.05, 4.69) is 39.1 Å². The van der Waals surface area contributed by atoms with E-state index in [0.29, 0.717) is 25.5 Å². The van der Waals surface area contributed by atoms with Gasteiger partial charge in [-0.15, -0.1) is 0 Å². The lowest BCUT2D eigenvalue weighted by Crippen LogP contribution is -2.23. The van der Waals surface area contributed by atoms with Crippen LogP contribution in [0.15, 0.2) is 115 Å². The fourth-order valence-electron chi connectivity index (χ4n) is 4.43. The Morgan fingerprint density at radius 3 is 1.85 bits per heavy atom. The molecule has 2 N–H and O–H groups in total. The molecule has 0 saturated heterocycles. The normalized spacial score (nSPS) is 11.2. The molecule has 0 aliphatic heterocycles. The largest absolute Gasteiger partial charge is 0.481 e. The number of H-pyrrole nitrogens is 1. The summed E-state index contributed by atoms with van der Waals surface area (Å²) >= 11 is 0. The van der Waals surface area contributed by atoms with Gasteiger partial charge in [-0.2, -0.15) is 0 Å². The molecule has 0 spiro atoms.